The Labute approximate surface area is 181 Å². The number of piperidine rings is 1. The van der Waals surface area contributed by atoms with Crippen molar-refractivity contribution in [2.24, 2.45) is 11.3 Å². The average Bonchev–Trinajstić information content (AvgIpc) is 3.24. The van der Waals surface area contributed by atoms with Crippen molar-refractivity contribution in [2.45, 2.75) is 65.1 Å². The van der Waals surface area contributed by atoms with Crippen molar-refractivity contribution in [1.82, 2.24) is 24.7 Å². The van der Waals surface area contributed by atoms with Crippen LogP contribution in [0.3, 0.4) is 0 Å². The Hall–Kier alpha value is -1.44. The second-order valence-corrected chi connectivity index (χ2v) is 9.31. The molecule has 7 heteroatoms. The Kier molecular flexibility index (Phi) is 7.11. The molecule has 1 N–H and O–H groups in total. The Morgan fingerprint density at radius 1 is 1.27 bits per heavy atom. The number of nitrogens with one attached hydrogen (secondary N) is 1. The van der Waals surface area contributed by atoms with Crippen molar-refractivity contribution in [3.05, 3.63) is 18.2 Å². The van der Waals surface area contributed by atoms with Crippen LogP contribution in [-0.2, 0) is 22.6 Å². The molecule has 1 saturated carbocycles. The minimum absolute atomic E-state index is 0.247. The highest BCUT2D eigenvalue weighted by atomic mass is 16.5. The minimum Gasteiger partial charge on any atom is -0.379 e. The van der Waals surface area contributed by atoms with E-state index in [-0.39, 0.29) is 11.3 Å². The lowest BCUT2D eigenvalue weighted by Gasteiger charge is -2.53. The number of carbonyl (C=O) groups excluding carboxylic acids is 1. The molecule has 0 unspecified atom stereocenters. The summed E-state index contributed by atoms with van der Waals surface area (Å²) in [7, 11) is 0. The molecule has 1 amide bonds. The van der Waals surface area contributed by atoms with Crippen LogP contribution in [0.15, 0.2) is 12.4 Å². The third kappa shape index (κ3) is 4.43. The molecular weight excluding hydrogens is 378 g/mol. The van der Waals surface area contributed by atoms with E-state index >= 15 is 0 Å². The van der Waals surface area contributed by atoms with Crippen LogP contribution in [0.4, 0.5) is 0 Å². The van der Waals surface area contributed by atoms with Gasteiger partial charge in [0.05, 0.1) is 25.2 Å². The molecule has 168 valence electrons. The molecule has 0 spiro atoms. The van der Waals surface area contributed by atoms with E-state index < -0.39 is 0 Å². The minimum atomic E-state index is -0.251. The van der Waals surface area contributed by atoms with Crippen molar-refractivity contribution >= 4 is 5.91 Å². The number of nitrogens with zero attached hydrogens (tertiary/aromatic N) is 4. The number of fused-ring (bicyclic) bond motifs is 1. The number of carbonyl (C=O) groups is 1. The number of aromatic nitrogens is 2. The van der Waals surface area contributed by atoms with Crippen molar-refractivity contribution < 1.29 is 9.53 Å². The molecule has 0 aromatic carbocycles. The summed E-state index contributed by atoms with van der Waals surface area (Å²) in [5.74, 6) is 1.68. The van der Waals surface area contributed by atoms with Gasteiger partial charge < -0.3 is 19.5 Å². The largest absolute Gasteiger partial charge is 0.379 e. The standard InChI is InChI=1S/C23H39N5O2/c1-3-9-28-11-8-24-21(28)17-25-22(29)23-7-5-20(27-12-14-30-15-13-27)16-19(23)6-10-26(4-2)18-23/h8,11,19-20H,3-7,9-10,12-18H2,1-2H3,(H,25,29)/t19-,20+,23-/m1/s1. The monoisotopic (exact) mass is 417 g/mol. The molecule has 3 heterocycles. The second kappa shape index (κ2) is 9.79. The van der Waals surface area contributed by atoms with Crippen LogP contribution in [0, 0.1) is 11.3 Å². The maximum Gasteiger partial charge on any atom is 0.228 e. The molecule has 0 radical (unpaired) electrons. The van der Waals surface area contributed by atoms with E-state index in [2.05, 4.69) is 38.5 Å². The zero-order valence-electron chi connectivity index (χ0n) is 18.8. The highest BCUT2D eigenvalue weighted by molar-refractivity contribution is 5.83. The van der Waals surface area contributed by atoms with Gasteiger partial charge in [-0.2, -0.15) is 0 Å². The normalized spacial score (nSPS) is 30.7. The van der Waals surface area contributed by atoms with E-state index in [9.17, 15) is 4.79 Å². The number of morpholine rings is 1. The molecule has 0 bridgehead atoms. The Morgan fingerprint density at radius 2 is 2.10 bits per heavy atom. The van der Waals surface area contributed by atoms with Crippen LogP contribution in [0.2, 0.25) is 0 Å². The SMILES string of the molecule is CCCn1ccnc1CNC(=O)[C@@]12CC[C@H](N3CCOCC3)C[C@H]1CCN(CC)C2. The fraction of sp³-hybridized carbons (Fsp3) is 0.826. The fourth-order valence-electron chi connectivity index (χ4n) is 5.92. The number of likely N-dealkylation sites (tertiary alicyclic amines) is 1. The third-order valence-electron chi connectivity index (χ3n) is 7.70. The van der Waals surface area contributed by atoms with E-state index in [0.29, 0.717) is 18.5 Å². The fourth-order valence-corrected chi connectivity index (χ4v) is 5.92. The number of rotatable bonds is 7. The average molecular weight is 418 g/mol. The maximum atomic E-state index is 13.7. The molecule has 3 fully saturated rings. The first-order valence-electron chi connectivity index (χ1n) is 12.0. The molecule has 2 aliphatic heterocycles. The van der Waals surface area contributed by atoms with E-state index in [4.69, 9.17) is 4.74 Å². The van der Waals surface area contributed by atoms with Crippen LogP contribution < -0.4 is 5.32 Å². The number of hydrogen-bond acceptors (Lipinski definition) is 5. The van der Waals surface area contributed by atoms with Gasteiger partial charge in [-0.15, -0.1) is 0 Å². The van der Waals surface area contributed by atoms with Crippen molar-refractivity contribution in [1.29, 1.82) is 0 Å². The predicted octanol–water partition coefficient (Wildman–Crippen LogP) is 2.12. The number of amides is 1. The van der Waals surface area contributed by atoms with Gasteiger partial charge in [-0.3, -0.25) is 9.69 Å². The molecule has 3 aliphatic rings. The number of imidazole rings is 1. The number of ether oxygens (including phenoxy) is 1. The highest BCUT2D eigenvalue weighted by Crippen LogP contribution is 2.47. The van der Waals surface area contributed by atoms with Gasteiger partial charge in [0.15, 0.2) is 0 Å². The van der Waals surface area contributed by atoms with Crippen LogP contribution in [0.5, 0.6) is 0 Å². The van der Waals surface area contributed by atoms with Crippen LogP contribution in [0.25, 0.3) is 0 Å². The van der Waals surface area contributed by atoms with Crippen molar-refractivity contribution in [3.8, 4) is 0 Å². The highest BCUT2D eigenvalue weighted by Gasteiger charge is 2.52. The van der Waals surface area contributed by atoms with Gasteiger partial charge in [-0.25, -0.2) is 4.98 Å². The Balaban J connectivity index is 1.45. The predicted molar refractivity (Wildman–Crippen MR) is 117 cm³/mol. The lowest BCUT2D eigenvalue weighted by molar-refractivity contribution is -0.145. The number of aryl methyl sites for hydroxylation is 1. The zero-order chi connectivity index (χ0) is 21.0. The summed E-state index contributed by atoms with van der Waals surface area (Å²) in [6.07, 6.45) is 9.31. The van der Waals surface area contributed by atoms with Crippen molar-refractivity contribution in [2.75, 3.05) is 45.9 Å². The molecule has 7 nitrogen and oxygen atoms in total. The maximum absolute atomic E-state index is 13.7. The molecular formula is C23H39N5O2. The molecule has 1 aromatic rings. The summed E-state index contributed by atoms with van der Waals surface area (Å²) in [5, 5.41) is 3.30. The summed E-state index contributed by atoms with van der Waals surface area (Å²) >= 11 is 0. The van der Waals surface area contributed by atoms with E-state index in [0.717, 1.165) is 90.4 Å². The van der Waals surface area contributed by atoms with Gasteiger partial charge in [-0.1, -0.05) is 13.8 Å². The lowest BCUT2D eigenvalue weighted by Crippen LogP contribution is -2.60. The quantitative estimate of drug-likeness (QED) is 0.736. The van der Waals surface area contributed by atoms with Gasteiger partial charge in [-0.05, 0) is 51.1 Å². The van der Waals surface area contributed by atoms with E-state index in [1.165, 1.54) is 0 Å². The smallest absolute Gasteiger partial charge is 0.228 e. The Morgan fingerprint density at radius 3 is 2.87 bits per heavy atom. The van der Waals surface area contributed by atoms with Gasteiger partial charge in [0.1, 0.15) is 5.82 Å². The van der Waals surface area contributed by atoms with E-state index in [1.807, 2.05) is 12.4 Å². The zero-order valence-corrected chi connectivity index (χ0v) is 18.8. The first-order chi connectivity index (χ1) is 14.7. The lowest BCUT2D eigenvalue weighted by atomic mass is 9.61. The van der Waals surface area contributed by atoms with E-state index in [1.54, 1.807) is 0 Å². The van der Waals surface area contributed by atoms with Crippen LogP contribution in [-0.4, -0.2) is 77.2 Å². The topological polar surface area (TPSA) is 62.6 Å². The molecule has 1 aliphatic carbocycles. The Bertz CT molecular complexity index is 702. The molecule has 2 saturated heterocycles. The summed E-state index contributed by atoms with van der Waals surface area (Å²) in [4.78, 5) is 23.2. The van der Waals surface area contributed by atoms with Gasteiger partial charge >= 0.3 is 0 Å². The summed E-state index contributed by atoms with van der Waals surface area (Å²) < 4.78 is 7.71. The first kappa shape index (κ1) is 21.8. The van der Waals surface area contributed by atoms with Crippen molar-refractivity contribution in [3.63, 3.8) is 0 Å². The molecule has 1 aromatic heterocycles. The van der Waals surface area contributed by atoms with Crippen LogP contribution in [0.1, 0.15) is 51.8 Å². The molecule has 4 rings (SSSR count). The third-order valence-corrected chi connectivity index (χ3v) is 7.70. The second-order valence-electron chi connectivity index (χ2n) is 9.31. The number of hydrogen-bond donors (Lipinski definition) is 1. The van der Waals surface area contributed by atoms with Gasteiger partial charge in [0.2, 0.25) is 5.91 Å². The molecule has 30 heavy (non-hydrogen) atoms. The summed E-state index contributed by atoms with van der Waals surface area (Å²) in [6.45, 7) is 12.7. The molecule has 3 atom stereocenters. The van der Waals surface area contributed by atoms with Crippen LogP contribution >= 0.6 is 0 Å². The summed E-state index contributed by atoms with van der Waals surface area (Å²) in [5.41, 5.74) is -0.251. The van der Waals surface area contributed by atoms with Gasteiger partial charge in [0.25, 0.3) is 0 Å². The van der Waals surface area contributed by atoms with Gasteiger partial charge in [0, 0.05) is 44.6 Å². The first-order valence-corrected chi connectivity index (χ1v) is 12.0. The summed E-state index contributed by atoms with van der Waals surface area (Å²) in [6, 6.07) is 0.608.